The minimum absolute atomic E-state index is 0.138. The van der Waals surface area contributed by atoms with Crippen molar-refractivity contribution >= 4 is 5.91 Å². The molecular weight excluding hydrogens is 262 g/mol. The molecule has 1 N–H and O–H groups in total. The van der Waals surface area contributed by atoms with E-state index in [1.54, 1.807) is 0 Å². The second kappa shape index (κ2) is 6.25. The van der Waals surface area contributed by atoms with Gasteiger partial charge in [0.25, 0.3) is 0 Å². The van der Waals surface area contributed by atoms with Gasteiger partial charge in [-0.25, -0.2) is 0 Å². The van der Waals surface area contributed by atoms with Crippen LogP contribution in [0.1, 0.15) is 46.0 Å². The van der Waals surface area contributed by atoms with Crippen molar-refractivity contribution in [2.24, 2.45) is 11.3 Å². The van der Waals surface area contributed by atoms with Crippen molar-refractivity contribution in [3.05, 3.63) is 0 Å². The van der Waals surface area contributed by atoms with Gasteiger partial charge in [-0.05, 0) is 57.7 Å². The summed E-state index contributed by atoms with van der Waals surface area (Å²) in [4.78, 5) is 17.9. The normalized spacial score (nSPS) is 32.2. The number of hydrogen-bond donors (Lipinski definition) is 1. The van der Waals surface area contributed by atoms with E-state index < -0.39 is 0 Å². The Hall–Kier alpha value is -0.610. The maximum Gasteiger partial charge on any atom is 0.230 e. The van der Waals surface area contributed by atoms with Gasteiger partial charge in [-0.1, -0.05) is 13.8 Å². The van der Waals surface area contributed by atoms with E-state index in [9.17, 15) is 4.79 Å². The fraction of sp³-hybridized carbons (Fsp3) is 0.941. The second-order valence-electron chi connectivity index (χ2n) is 7.50. The zero-order chi connectivity index (χ0) is 14.9. The van der Waals surface area contributed by atoms with Crippen LogP contribution < -0.4 is 5.32 Å². The smallest absolute Gasteiger partial charge is 0.230 e. The van der Waals surface area contributed by atoms with Crippen molar-refractivity contribution in [2.45, 2.75) is 52.0 Å². The van der Waals surface area contributed by atoms with E-state index in [-0.39, 0.29) is 5.41 Å². The first-order valence-corrected chi connectivity index (χ1v) is 8.87. The van der Waals surface area contributed by atoms with Crippen molar-refractivity contribution in [3.63, 3.8) is 0 Å². The van der Waals surface area contributed by atoms with Crippen LogP contribution >= 0.6 is 0 Å². The molecule has 3 aliphatic heterocycles. The molecule has 3 rings (SSSR count). The summed E-state index contributed by atoms with van der Waals surface area (Å²) in [7, 11) is 0. The molecule has 0 saturated carbocycles. The Kier molecular flexibility index (Phi) is 4.55. The van der Waals surface area contributed by atoms with Crippen molar-refractivity contribution in [1.82, 2.24) is 15.1 Å². The van der Waals surface area contributed by atoms with Gasteiger partial charge in [-0.2, -0.15) is 0 Å². The summed E-state index contributed by atoms with van der Waals surface area (Å²) in [6.45, 7) is 10.8. The number of nitrogens with one attached hydrogen (secondary N) is 1. The molecule has 1 unspecified atom stereocenters. The van der Waals surface area contributed by atoms with Crippen LogP contribution in [0.4, 0.5) is 0 Å². The highest BCUT2D eigenvalue weighted by atomic mass is 16.2. The number of rotatable bonds is 3. The Bertz CT molecular complexity index is 362. The molecule has 0 radical (unpaired) electrons. The lowest BCUT2D eigenvalue weighted by Crippen LogP contribution is -2.53. The van der Waals surface area contributed by atoms with Crippen LogP contribution in [0, 0.1) is 11.3 Å². The average molecular weight is 293 g/mol. The molecule has 0 aromatic rings. The second-order valence-corrected chi connectivity index (χ2v) is 7.50. The Labute approximate surface area is 129 Å². The highest BCUT2D eigenvalue weighted by Gasteiger charge is 2.46. The summed E-state index contributed by atoms with van der Waals surface area (Å²) >= 11 is 0. The minimum atomic E-state index is -0.138. The van der Waals surface area contributed by atoms with Crippen LogP contribution in [0.2, 0.25) is 0 Å². The molecular formula is C17H31N3O. The van der Waals surface area contributed by atoms with E-state index in [0.717, 1.165) is 38.6 Å². The molecule has 0 aromatic heterocycles. The molecule has 21 heavy (non-hydrogen) atoms. The van der Waals surface area contributed by atoms with E-state index in [1.807, 2.05) is 0 Å². The number of carbonyl (C=O) groups excluding carboxylic acids is 1. The Morgan fingerprint density at radius 1 is 1.14 bits per heavy atom. The zero-order valence-electron chi connectivity index (χ0n) is 13.7. The van der Waals surface area contributed by atoms with E-state index in [2.05, 4.69) is 29.0 Å². The Morgan fingerprint density at radius 2 is 1.81 bits per heavy atom. The number of carbonyl (C=O) groups is 1. The molecule has 0 bridgehead atoms. The highest BCUT2D eigenvalue weighted by molar-refractivity contribution is 5.83. The van der Waals surface area contributed by atoms with E-state index in [1.165, 1.54) is 38.8 Å². The summed E-state index contributed by atoms with van der Waals surface area (Å²) in [6.07, 6.45) is 6.08. The average Bonchev–Trinajstić information content (AvgIpc) is 3.18. The molecule has 3 saturated heterocycles. The molecule has 0 aromatic carbocycles. The van der Waals surface area contributed by atoms with Gasteiger partial charge in [0.05, 0.1) is 5.41 Å². The SMILES string of the molecule is CC(C)C1(C(=O)N2CCC(N3CCCC3)CC2)CCNC1. The summed E-state index contributed by atoms with van der Waals surface area (Å²) < 4.78 is 0. The lowest BCUT2D eigenvalue weighted by Gasteiger charge is -2.41. The van der Waals surface area contributed by atoms with Gasteiger partial charge in [0, 0.05) is 25.7 Å². The lowest BCUT2D eigenvalue weighted by molar-refractivity contribution is -0.145. The summed E-state index contributed by atoms with van der Waals surface area (Å²) in [5, 5.41) is 3.41. The summed E-state index contributed by atoms with van der Waals surface area (Å²) in [5.74, 6) is 0.846. The van der Waals surface area contributed by atoms with Gasteiger partial charge < -0.3 is 15.1 Å². The third-order valence-corrected chi connectivity index (χ3v) is 6.13. The minimum Gasteiger partial charge on any atom is -0.342 e. The van der Waals surface area contributed by atoms with Crippen molar-refractivity contribution in [3.8, 4) is 0 Å². The molecule has 0 spiro atoms. The van der Waals surface area contributed by atoms with E-state index in [0.29, 0.717) is 11.8 Å². The predicted octanol–water partition coefficient (Wildman–Crippen LogP) is 1.71. The molecule has 1 atom stereocenters. The van der Waals surface area contributed by atoms with Gasteiger partial charge in [-0.3, -0.25) is 4.79 Å². The summed E-state index contributed by atoms with van der Waals surface area (Å²) in [6, 6.07) is 0.730. The zero-order valence-corrected chi connectivity index (χ0v) is 13.7. The first kappa shape index (κ1) is 15.3. The van der Waals surface area contributed by atoms with Gasteiger partial charge in [-0.15, -0.1) is 0 Å². The number of likely N-dealkylation sites (tertiary alicyclic amines) is 2. The van der Waals surface area contributed by atoms with Crippen molar-refractivity contribution in [2.75, 3.05) is 39.3 Å². The standard InChI is InChI=1S/C17H31N3O/c1-14(2)17(7-8-18-13-17)16(21)20-11-5-15(6-12-20)19-9-3-4-10-19/h14-15,18H,3-13H2,1-2H3. The van der Waals surface area contributed by atoms with E-state index >= 15 is 0 Å². The molecule has 4 heteroatoms. The number of hydrogen-bond acceptors (Lipinski definition) is 3. The predicted molar refractivity (Wildman–Crippen MR) is 85.2 cm³/mol. The fourth-order valence-electron chi connectivity index (χ4n) is 4.49. The van der Waals surface area contributed by atoms with Crippen LogP contribution in [-0.4, -0.2) is 61.0 Å². The number of piperidine rings is 1. The lowest BCUT2D eigenvalue weighted by atomic mass is 9.75. The maximum atomic E-state index is 13.1. The fourth-order valence-corrected chi connectivity index (χ4v) is 4.49. The van der Waals surface area contributed by atoms with Crippen LogP contribution in [0.25, 0.3) is 0 Å². The molecule has 3 heterocycles. The van der Waals surface area contributed by atoms with Gasteiger partial charge >= 0.3 is 0 Å². The highest BCUT2D eigenvalue weighted by Crippen LogP contribution is 2.37. The molecule has 0 aliphatic carbocycles. The van der Waals surface area contributed by atoms with Crippen LogP contribution in [-0.2, 0) is 4.79 Å². The molecule has 4 nitrogen and oxygen atoms in total. The molecule has 120 valence electrons. The van der Waals surface area contributed by atoms with E-state index in [4.69, 9.17) is 0 Å². The number of amides is 1. The van der Waals surface area contributed by atoms with Crippen LogP contribution in [0.5, 0.6) is 0 Å². The molecule has 1 amide bonds. The van der Waals surface area contributed by atoms with Crippen LogP contribution in [0.3, 0.4) is 0 Å². The van der Waals surface area contributed by atoms with Gasteiger partial charge in [0.15, 0.2) is 0 Å². The first-order valence-electron chi connectivity index (χ1n) is 8.87. The van der Waals surface area contributed by atoms with Gasteiger partial charge in [0.1, 0.15) is 0 Å². The maximum absolute atomic E-state index is 13.1. The topological polar surface area (TPSA) is 35.6 Å². The Balaban J connectivity index is 1.59. The molecule has 3 aliphatic rings. The quantitative estimate of drug-likeness (QED) is 0.860. The van der Waals surface area contributed by atoms with Crippen LogP contribution in [0.15, 0.2) is 0 Å². The third-order valence-electron chi connectivity index (χ3n) is 6.13. The first-order chi connectivity index (χ1) is 10.1. The monoisotopic (exact) mass is 293 g/mol. The largest absolute Gasteiger partial charge is 0.342 e. The Morgan fingerprint density at radius 3 is 2.33 bits per heavy atom. The van der Waals surface area contributed by atoms with Crippen molar-refractivity contribution < 1.29 is 4.79 Å². The summed E-state index contributed by atoms with van der Waals surface area (Å²) in [5.41, 5.74) is -0.138. The number of nitrogens with zero attached hydrogens (tertiary/aromatic N) is 2. The molecule has 3 fully saturated rings. The van der Waals surface area contributed by atoms with Gasteiger partial charge in [0.2, 0.25) is 5.91 Å². The third kappa shape index (κ3) is 2.85. The van der Waals surface area contributed by atoms with Crippen molar-refractivity contribution in [1.29, 1.82) is 0 Å².